The fourth-order valence-corrected chi connectivity index (χ4v) is 5.20. The molecular formula is C23H21N2O5S-. The van der Waals surface area contributed by atoms with Gasteiger partial charge in [0.25, 0.3) is 0 Å². The highest BCUT2D eigenvalue weighted by atomic mass is 32.2. The standard InChI is InChI=1S/C23H22N2O5S/c26-23(27)20(11-14-13-24-19-7-3-1-5-16(14)19)25(31(28)29)15-9-10-18-17-6-2-4-8-21(17)30-22(18)12-15/h1,3,5,7,9-10,12-13,20,24H,2,4,6,8,11H2,(H,26,27)(H,28,29)/p-1. The number of aromatic amines is 1. The van der Waals surface area contributed by atoms with Gasteiger partial charge in [-0.3, -0.25) is 8.51 Å². The number of nitrogens with one attached hydrogen (secondary N) is 1. The molecule has 1 aliphatic carbocycles. The Bertz CT molecular complexity index is 1310. The number of carboxylic acids is 1. The number of aryl methyl sites for hydroxylation is 2. The second kappa shape index (κ2) is 7.86. The predicted molar refractivity (Wildman–Crippen MR) is 118 cm³/mol. The number of hydrogen-bond acceptors (Lipinski definition) is 4. The third-order valence-corrected chi connectivity index (χ3v) is 6.80. The molecule has 0 amide bonds. The van der Waals surface area contributed by atoms with E-state index in [2.05, 4.69) is 4.98 Å². The Morgan fingerprint density at radius 3 is 2.81 bits per heavy atom. The predicted octanol–water partition coefficient (Wildman–Crippen LogP) is 4.09. The zero-order valence-corrected chi connectivity index (χ0v) is 17.5. The summed E-state index contributed by atoms with van der Waals surface area (Å²) < 4.78 is 31.3. The molecule has 0 spiro atoms. The van der Waals surface area contributed by atoms with Crippen LogP contribution in [0.5, 0.6) is 0 Å². The summed E-state index contributed by atoms with van der Waals surface area (Å²) in [5.74, 6) is -0.268. The molecular weight excluding hydrogens is 416 g/mol. The molecule has 2 N–H and O–H groups in total. The van der Waals surface area contributed by atoms with E-state index >= 15 is 0 Å². The van der Waals surface area contributed by atoms with E-state index in [1.165, 1.54) is 5.56 Å². The van der Waals surface area contributed by atoms with E-state index < -0.39 is 23.3 Å². The Hall–Kier alpha value is -3.10. The number of para-hydroxylation sites is 1. The van der Waals surface area contributed by atoms with Crippen LogP contribution in [0.4, 0.5) is 5.69 Å². The first-order valence-electron chi connectivity index (χ1n) is 10.2. The van der Waals surface area contributed by atoms with E-state index in [4.69, 9.17) is 4.42 Å². The van der Waals surface area contributed by atoms with Gasteiger partial charge >= 0.3 is 5.97 Å². The van der Waals surface area contributed by atoms with Crippen molar-refractivity contribution in [2.45, 2.75) is 38.1 Å². The van der Waals surface area contributed by atoms with Gasteiger partial charge < -0.3 is 19.1 Å². The average Bonchev–Trinajstić information content (AvgIpc) is 3.34. The highest BCUT2D eigenvalue weighted by Crippen LogP contribution is 2.35. The molecule has 2 aromatic heterocycles. The van der Waals surface area contributed by atoms with Crippen LogP contribution in [0.1, 0.15) is 29.7 Å². The lowest BCUT2D eigenvalue weighted by Gasteiger charge is -2.32. The van der Waals surface area contributed by atoms with Crippen LogP contribution in [0.2, 0.25) is 0 Å². The van der Waals surface area contributed by atoms with E-state index in [0.29, 0.717) is 5.58 Å². The molecule has 0 bridgehead atoms. The molecule has 2 heterocycles. The lowest BCUT2D eigenvalue weighted by Crippen LogP contribution is -2.44. The van der Waals surface area contributed by atoms with Crippen LogP contribution >= 0.6 is 0 Å². The van der Waals surface area contributed by atoms with E-state index in [9.17, 15) is 18.7 Å². The van der Waals surface area contributed by atoms with Gasteiger partial charge in [-0.25, -0.2) is 4.79 Å². The molecule has 0 saturated heterocycles. The molecule has 2 unspecified atom stereocenters. The van der Waals surface area contributed by atoms with Crippen molar-refractivity contribution in [2.24, 2.45) is 0 Å². The fourth-order valence-electron chi connectivity index (χ4n) is 4.54. The molecule has 4 aromatic rings. The van der Waals surface area contributed by atoms with Crippen LogP contribution in [0, 0.1) is 0 Å². The van der Waals surface area contributed by atoms with Crippen molar-refractivity contribution >= 4 is 44.8 Å². The molecule has 0 aliphatic heterocycles. The summed E-state index contributed by atoms with van der Waals surface area (Å²) in [5.41, 5.74) is 3.67. The van der Waals surface area contributed by atoms with Crippen LogP contribution in [-0.2, 0) is 35.3 Å². The summed E-state index contributed by atoms with van der Waals surface area (Å²) >= 11 is -2.78. The van der Waals surface area contributed by atoms with Gasteiger partial charge in [0.15, 0.2) is 0 Å². The summed E-state index contributed by atoms with van der Waals surface area (Å²) in [6.45, 7) is 0. The minimum Gasteiger partial charge on any atom is -0.755 e. The van der Waals surface area contributed by atoms with Gasteiger partial charge in [-0.15, -0.1) is 0 Å². The lowest BCUT2D eigenvalue weighted by atomic mass is 9.96. The zero-order valence-electron chi connectivity index (χ0n) is 16.7. The molecule has 8 heteroatoms. The fraction of sp³-hybridized carbons (Fsp3) is 0.261. The van der Waals surface area contributed by atoms with Crippen LogP contribution in [0.15, 0.2) is 53.1 Å². The first kappa shape index (κ1) is 19.8. The molecule has 31 heavy (non-hydrogen) atoms. The van der Waals surface area contributed by atoms with Crippen molar-refractivity contribution in [3.8, 4) is 0 Å². The second-order valence-electron chi connectivity index (χ2n) is 7.85. The second-order valence-corrected chi connectivity index (χ2v) is 8.68. The average molecular weight is 437 g/mol. The highest BCUT2D eigenvalue weighted by Gasteiger charge is 2.29. The number of carbonyl (C=O) groups is 1. The minimum absolute atomic E-state index is 0.0278. The Labute approximate surface area is 181 Å². The monoisotopic (exact) mass is 437 g/mol. The number of benzene rings is 2. The number of anilines is 1. The number of aliphatic carboxylic acids is 1. The van der Waals surface area contributed by atoms with E-state index in [0.717, 1.165) is 57.6 Å². The SMILES string of the molecule is O=C(O)C(Cc1c[nH]c2ccccc12)N(c1ccc2c3c(oc2c1)CCCC3)S(=O)[O-]. The first-order chi connectivity index (χ1) is 15.0. The smallest absolute Gasteiger partial charge is 0.327 e. The molecule has 0 saturated carbocycles. The molecule has 0 fully saturated rings. The largest absolute Gasteiger partial charge is 0.755 e. The molecule has 7 nitrogen and oxygen atoms in total. The summed E-state index contributed by atoms with van der Waals surface area (Å²) in [6, 6.07) is 11.4. The molecule has 160 valence electrons. The Kier molecular flexibility index (Phi) is 5.03. The van der Waals surface area contributed by atoms with Crippen molar-refractivity contribution in [1.29, 1.82) is 0 Å². The van der Waals surface area contributed by atoms with Gasteiger partial charge in [0.2, 0.25) is 0 Å². The van der Waals surface area contributed by atoms with Crippen molar-refractivity contribution in [3.63, 3.8) is 0 Å². The van der Waals surface area contributed by atoms with Gasteiger partial charge in [0.05, 0.1) is 5.69 Å². The minimum atomic E-state index is -2.78. The van der Waals surface area contributed by atoms with Crippen LogP contribution in [0.3, 0.4) is 0 Å². The molecule has 1 aliphatic rings. The molecule has 2 aromatic carbocycles. The van der Waals surface area contributed by atoms with Crippen molar-refractivity contribution < 1.29 is 23.1 Å². The summed E-state index contributed by atoms with van der Waals surface area (Å²) in [6.07, 6.45) is 5.75. The molecule has 0 radical (unpaired) electrons. The van der Waals surface area contributed by atoms with Crippen LogP contribution < -0.4 is 4.31 Å². The number of H-pyrrole nitrogens is 1. The van der Waals surface area contributed by atoms with Crippen LogP contribution in [-0.4, -0.2) is 30.9 Å². The van der Waals surface area contributed by atoms with Crippen molar-refractivity contribution in [1.82, 2.24) is 4.98 Å². The Morgan fingerprint density at radius 2 is 2.00 bits per heavy atom. The summed E-state index contributed by atoms with van der Waals surface area (Å²) in [5, 5.41) is 11.8. The Morgan fingerprint density at radius 1 is 1.19 bits per heavy atom. The maximum absolute atomic E-state index is 12.2. The van der Waals surface area contributed by atoms with Gasteiger partial charge in [-0.05, 0) is 43.0 Å². The summed E-state index contributed by atoms with van der Waals surface area (Å²) in [7, 11) is 0. The number of hydrogen-bond donors (Lipinski definition) is 2. The van der Waals surface area contributed by atoms with E-state index in [1.54, 1.807) is 18.3 Å². The number of rotatable bonds is 6. The van der Waals surface area contributed by atoms with Gasteiger partial charge in [-0.2, -0.15) is 0 Å². The topological polar surface area (TPSA) is 110 Å². The highest BCUT2D eigenvalue weighted by molar-refractivity contribution is 7.80. The van der Waals surface area contributed by atoms with Gasteiger partial charge in [-0.1, -0.05) is 18.2 Å². The summed E-state index contributed by atoms with van der Waals surface area (Å²) in [4.78, 5) is 15.3. The maximum Gasteiger partial charge on any atom is 0.327 e. The third-order valence-electron chi connectivity index (χ3n) is 6.01. The number of fused-ring (bicyclic) bond motifs is 4. The normalized spacial score (nSPS) is 15.6. The van der Waals surface area contributed by atoms with Crippen LogP contribution in [0.25, 0.3) is 21.9 Å². The van der Waals surface area contributed by atoms with Crippen molar-refractivity contribution in [2.75, 3.05) is 4.31 Å². The zero-order chi connectivity index (χ0) is 21.5. The number of aromatic nitrogens is 1. The maximum atomic E-state index is 12.2. The number of carboxylic acid groups (broad SMARTS) is 1. The molecule has 2 atom stereocenters. The quantitative estimate of drug-likeness (QED) is 0.442. The number of nitrogens with zero attached hydrogens (tertiary/aromatic N) is 1. The number of furan rings is 1. The van der Waals surface area contributed by atoms with Gasteiger partial charge in [0, 0.05) is 58.2 Å². The van der Waals surface area contributed by atoms with E-state index in [1.807, 2.05) is 30.3 Å². The van der Waals surface area contributed by atoms with Gasteiger partial charge in [0.1, 0.15) is 17.4 Å². The first-order valence-corrected chi connectivity index (χ1v) is 11.3. The van der Waals surface area contributed by atoms with Crippen molar-refractivity contribution in [3.05, 3.63) is 65.5 Å². The Balaban J connectivity index is 1.55. The lowest BCUT2D eigenvalue weighted by molar-refractivity contribution is -0.138. The third kappa shape index (κ3) is 3.51. The molecule has 5 rings (SSSR count). The van der Waals surface area contributed by atoms with E-state index in [-0.39, 0.29) is 12.1 Å².